The molecule has 5 rings (SSSR count). The summed E-state index contributed by atoms with van der Waals surface area (Å²) in [5.74, 6) is -0.0978. The van der Waals surface area contributed by atoms with E-state index in [1.807, 2.05) is 19.3 Å². The van der Waals surface area contributed by atoms with E-state index >= 15 is 0 Å². The minimum atomic E-state index is -0.514. The molecule has 4 aromatic rings. The normalized spacial score (nSPS) is 15.4. The Bertz CT molecular complexity index is 1240. The predicted molar refractivity (Wildman–Crippen MR) is 111 cm³/mol. The van der Waals surface area contributed by atoms with Gasteiger partial charge in [-0.2, -0.15) is 5.10 Å². The number of carbonyl (C=O) groups excluding carboxylic acids is 1. The van der Waals surface area contributed by atoms with Crippen LogP contribution in [0.1, 0.15) is 11.8 Å². The van der Waals surface area contributed by atoms with Crippen LogP contribution >= 0.6 is 22.9 Å². The number of aromatic nitrogens is 5. The predicted octanol–water partition coefficient (Wildman–Crippen LogP) is 3.10. The first-order valence-corrected chi connectivity index (χ1v) is 10.1. The molecule has 1 amide bonds. The van der Waals surface area contributed by atoms with Gasteiger partial charge in [0, 0.05) is 49.1 Å². The molecular weight excluding hydrogens is 412 g/mol. The van der Waals surface area contributed by atoms with Crippen molar-refractivity contribution in [3.8, 4) is 21.8 Å². The number of hydrogen-bond donors (Lipinski definition) is 2. The van der Waals surface area contributed by atoms with Crippen molar-refractivity contribution in [3.63, 3.8) is 0 Å². The van der Waals surface area contributed by atoms with E-state index in [1.54, 1.807) is 23.3 Å². The number of halogens is 1. The summed E-state index contributed by atoms with van der Waals surface area (Å²) in [5, 5.41) is 9.40. The van der Waals surface area contributed by atoms with Crippen LogP contribution in [0.15, 0.2) is 30.9 Å². The molecule has 10 heteroatoms. The van der Waals surface area contributed by atoms with E-state index in [4.69, 9.17) is 16.3 Å². The minimum absolute atomic E-state index is 0.0978. The fourth-order valence-corrected chi connectivity index (χ4v) is 4.92. The highest BCUT2D eigenvalue weighted by Crippen LogP contribution is 2.41. The van der Waals surface area contributed by atoms with Gasteiger partial charge in [0.15, 0.2) is 0 Å². The third-order valence-electron chi connectivity index (χ3n) is 4.93. The quantitative estimate of drug-likeness (QED) is 0.520. The molecule has 148 valence electrons. The van der Waals surface area contributed by atoms with Crippen LogP contribution in [0.4, 0.5) is 0 Å². The van der Waals surface area contributed by atoms with Gasteiger partial charge >= 0.3 is 0 Å². The number of pyridine rings is 1. The van der Waals surface area contributed by atoms with Gasteiger partial charge < -0.3 is 15.0 Å². The molecule has 0 radical (unpaired) electrons. The third-order valence-corrected chi connectivity index (χ3v) is 6.44. The zero-order chi connectivity index (χ0) is 20.2. The molecule has 0 spiro atoms. The number of aryl methyl sites for hydroxylation is 1. The van der Waals surface area contributed by atoms with Crippen LogP contribution in [0.5, 0.6) is 0 Å². The first-order chi connectivity index (χ1) is 13.9. The van der Waals surface area contributed by atoms with Gasteiger partial charge in [-0.05, 0) is 6.07 Å². The standard InChI is InChI=1S/C19H17ClN6O2S/c1-10(27)25-19(8-28-9-19)15-6-22-18(29-15)16-12-3-14(11-4-23-26(2)7-11)24-17(12)21-5-13(16)20/h3-7H,8-9H2,1-2H3,(H,21,24)(H,25,27). The first-order valence-electron chi connectivity index (χ1n) is 8.95. The Kier molecular flexibility index (Phi) is 4.19. The number of H-pyrrole nitrogens is 1. The summed E-state index contributed by atoms with van der Waals surface area (Å²) in [7, 11) is 1.87. The molecular formula is C19H17ClN6O2S. The van der Waals surface area contributed by atoms with Crippen molar-refractivity contribution in [1.29, 1.82) is 0 Å². The number of nitrogens with zero attached hydrogens (tertiary/aromatic N) is 4. The molecule has 0 saturated carbocycles. The Morgan fingerprint density at radius 2 is 2.17 bits per heavy atom. The fourth-order valence-electron chi connectivity index (χ4n) is 3.51. The van der Waals surface area contributed by atoms with Crippen LogP contribution in [-0.4, -0.2) is 43.9 Å². The summed E-state index contributed by atoms with van der Waals surface area (Å²) in [6, 6.07) is 2.01. The highest BCUT2D eigenvalue weighted by atomic mass is 35.5. The van der Waals surface area contributed by atoms with Crippen LogP contribution in [0, 0.1) is 0 Å². The van der Waals surface area contributed by atoms with E-state index < -0.39 is 5.54 Å². The largest absolute Gasteiger partial charge is 0.376 e. The molecule has 1 saturated heterocycles. The molecule has 0 bridgehead atoms. The number of rotatable bonds is 4. The minimum Gasteiger partial charge on any atom is -0.376 e. The monoisotopic (exact) mass is 428 g/mol. The molecule has 0 atom stereocenters. The lowest BCUT2D eigenvalue weighted by molar-refractivity contribution is -0.131. The number of hydrogen-bond acceptors (Lipinski definition) is 6. The van der Waals surface area contributed by atoms with E-state index in [0.717, 1.165) is 37.7 Å². The molecule has 2 N–H and O–H groups in total. The Balaban J connectivity index is 1.60. The van der Waals surface area contributed by atoms with Crippen LogP contribution in [0.3, 0.4) is 0 Å². The molecule has 29 heavy (non-hydrogen) atoms. The smallest absolute Gasteiger partial charge is 0.217 e. The summed E-state index contributed by atoms with van der Waals surface area (Å²) in [4.78, 5) is 25.0. The number of thiazole rings is 1. The maximum atomic E-state index is 11.6. The lowest BCUT2D eigenvalue weighted by Crippen LogP contribution is -2.58. The summed E-state index contributed by atoms with van der Waals surface area (Å²) >= 11 is 8.03. The number of aromatic amines is 1. The van der Waals surface area contributed by atoms with Gasteiger partial charge in [-0.3, -0.25) is 9.48 Å². The summed E-state index contributed by atoms with van der Waals surface area (Å²) in [6.45, 7) is 2.37. The van der Waals surface area contributed by atoms with E-state index in [-0.39, 0.29) is 5.91 Å². The van der Waals surface area contributed by atoms with E-state index in [1.165, 1.54) is 18.3 Å². The average Bonchev–Trinajstić information content (AvgIpc) is 3.36. The van der Waals surface area contributed by atoms with Gasteiger partial charge in [0.2, 0.25) is 5.91 Å². The van der Waals surface area contributed by atoms with Crippen LogP contribution in [0.2, 0.25) is 5.02 Å². The van der Waals surface area contributed by atoms with Crippen molar-refractivity contribution < 1.29 is 9.53 Å². The second-order valence-electron chi connectivity index (χ2n) is 7.11. The molecule has 8 nitrogen and oxygen atoms in total. The highest BCUT2D eigenvalue weighted by Gasteiger charge is 2.43. The maximum absolute atomic E-state index is 11.6. The Labute approximate surface area is 174 Å². The average molecular weight is 429 g/mol. The van der Waals surface area contributed by atoms with E-state index in [9.17, 15) is 4.79 Å². The number of carbonyl (C=O) groups is 1. The van der Waals surface area contributed by atoms with Gasteiger partial charge in [0.1, 0.15) is 16.2 Å². The van der Waals surface area contributed by atoms with Gasteiger partial charge in [-0.25, -0.2) is 9.97 Å². The Morgan fingerprint density at radius 3 is 2.83 bits per heavy atom. The number of nitrogens with one attached hydrogen (secondary N) is 2. The van der Waals surface area contributed by atoms with Gasteiger partial charge in [-0.1, -0.05) is 11.6 Å². The van der Waals surface area contributed by atoms with Gasteiger partial charge in [-0.15, -0.1) is 11.3 Å². The molecule has 5 heterocycles. The zero-order valence-electron chi connectivity index (χ0n) is 15.7. The molecule has 1 aliphatic rings. The summed E-state index contributed by atoms with van der Waals surface area (Å²) in [6.07, 6.45) is 7.14. The molecule has 4 aromatic heterocycles. The van der Waals surface area contributed by atoms with Crippen LogP contribution in [-0.2, 0) is 22.1 Å². The van der Waals surface area contributed by atoms with Crippen molar-refractivity contribution in [1.82, 2.24) is 30.0 Å². The molecule has 0 aromatic carbocycles. The lowest BCUT2D eigenvalue weighted by atomic mass is 9.96. The first kappa shape index (κ1) is 18.3. The van der Waals surface area contributed by atoms with Crippen molar-refractivity contribution >= 4 is 39.9 Å². The van der Waals surface area contributed by atoms with E-state index in [0.29, 0.717) is 18.2 Å². The lowest BCUT2D eigenvalue weighted by Gasteiger charge is -2.40. The van der Waals surface area contributed by atoms with Crippen molar-refractivity contribution in [2.75, 3.05) is 13.2 Å². The fraction of sp³-hybridized carbons (Fsp3) is 0.263. The van der Waals surface area contributed by atoms with Gasteiger partial charge in [0.25, 0.3) is 0 Å². The number of ether oxygens (including phenoxy) is 1. The second kappa shape index (κ2) is 6.65. The molecule has 0 unspecified atom stereocenters. The highest BCUT2D eigenvalue weighted by molar-refractivity contribution is 7.15. The Morgan fingerprint density at radius 1 is 1.34 bits per heavy atom. The molecule has 1 fully saturated rings. The molecule has 1 aliphatic heterocycles. The summed E-state index contributed by atoms with van der Waals surface area (Å²) < 4.78 is 7.12. The summed E-state index contributed by atoms with van der Waals surface area (Å²) in [5.41, 5.74) is 2.90. The SMILES string of the molecule is CC(=O)NC1(c2cnc(-c3c(Cl)cnc4[nH]c(-c5cnn(C)c5)cc34)s2)COC1. The van der Waals surface area contributed by atoms with Gasteiger partial charge in [0.05, 0.1) is 35.0 Å². The number of amides is 1. The zero-order valence-corrected chi connectivity index (χ0v) is 17.3. The molecule has 0 aliphatic carbocycles. The Hall–Kier alpha value is -2.75. The van der Waals surface area contributed by atoms with Crippen LogP contribution < -0.4 is 5.32 Å². The maximum Gasteiger partial charge on any atom is 0.217 e. The number of fused-ring (bicyclic) bond motifs is 1. The van der Waals surface area contributed by atoms with Crippen molar-refractivity contribution in [2.45, 2.75) is 12.5 Å². The second-order valence-corrected chi connectivity index (χ2v) is 8.55. The topological polar surface area (TPSA) is 97.7 Å². The van der Waals surface area contributed by atoms with Crippen LogP contribution in [0.25, 0.3) is 32.9 Å². The third kappa shape index (κ3) is 3.02. The van der Waals surface area contributed by atoms with Crippen molar-refractivity contribution in [3.05, 3.63) is 40.8 Å². The van der Waals surface area contributed by atoms with E-state index in [2.05, 4.69) is 25.4 Å². The van der Waals surface area contributed by atoms with Crippen molar-refractivity contribution in [2.24, 2.45) is 7.05 Å².